The molecule has 0 radical (unpaired) electrons. The SMILES string of the molecule is CCC(CN)c1ncc(-c2sccc2C)[nH]1. The van der Waals surface area contributed by atoms with E-state index in [0.717, 1.165) is 17.9 Å². The molecular weight excluding hydrogens is 218 g/mol. The van der Waals surface area contributed by atoms with Crippen molar-refractivity contribution in [2.75, 3.05) is 6.54 Å². The van der Waals surface area contributed by atoms with E-state index in [0.29, 0.717) is 12.5 Å². The molecule has 0 fully saturated rings. The van der Waals surface area contributed by atoms with Crippen LogP contribution in [-0.2, 0) is 0 Å². The van der Waals surface area contributed by atoms with Crippen molar-refractivity contribution in [1.29, 1.82) is 0 Å². The topological polar surface area (TPSA) is 54.7 Å². The van der Waals surface area contributed by atoms with Crippen LogP contribution in [0.3, 0.4) is 0 Å². The van der Waals surface area contributed by atoms with E-state index in [2.05, 4.69) is 35.3 Å². The van der Waals surface area contributed by atoms with Gasteiger partial charge in [0.1, 0.15) is 5.82 Å². The number of imidazole rings is 1. The van der Waals surface area contributed by atoms with E-state index in [4.69, 9.17) is 5.73 Å². The van der Waals surface area contributed by atoms with Crippen LogP contribution in [0.2, 0.25) is 0 Å². The average molecular weight is 235 g/mol. The van der Waals surface area contributed by atoms with Crippen molar-refractivity contribution >= 4 is 11.3 Å². The van der Waals surface area contributed by atoms with Gasteiger partial charge in [0, 0.05) is 12.5 Å². The Balaban J connectivity index is 2.29. The van der Waals surface area contributed by atoms with Crippen molar-refractivity contribution in [3.05, 3.63) is 29.0 Å². The fourth-order valence-electron chi connectivity index (χ4n) is 1.78. The second kappa shape index (κ2) is 4.80. The summed E-state index contributed by atoms with van der Waals surface area (Å²) in [6.45, 7) is 4.90. The van der Waals surface area contributed by atoms with Gasteiger partial charge in [-0.15, -0.1) is 11.3 Å². The number of nitrogens with zero attached hydrogens (tertiary/aromatic N) is 1. The Morgan fingerprint density at radius 1 is 1.56 bits per heavy atom. The van der Waals surface area contributed by atoms with Crippen molar-refractivity contribution in [3.8, 4) is 10.6 Å². The summed E-state index contributed by atoms with van der Waals surface area (Å²) in [6, 6.07) is 2.13. The smallest absolute Gasteiger partial charge is 0.110 e. The number of aromatic nitrogens is 2. The summed E-state index contributed by atoms with van der Waals surface area (Å²) in [5.74, 6) is 1.35. The fraction of sp³-hybridized carbons (Fsp3) is 0.417. The maximum atomic E-state index is 5.72. The molecule has 3 N–H and O–H groups in total. The summed E-state index contributed by atoms with van der Waals surface area (Å²) in [6.07, 6.45) is 2.93. The van der Waals surface area contributed by atoms with Gasteiger partial charge in [0.15, 0.2) is 0 Å². The minimum absolute atomic E-state index is 0.342. The van der Waals surface area contributed by atoms with E-state index in [1.807, 2.05) is 6.20 Å². The zero-order valence-corrected chi connectivity index (χ0v) is 10.5. The number of thiophene rings is 1. The molecule has 4 heteroatoms. The van der Waals surface area contributed by atoms with Crippen LogP contribution in [0.25, 0.3) is 10.6 Å². The van der Waals surface area contributed by atoms with Gasteiger partial charge in [0.25, 0.3) is 0 Å². The summed E-state index contributed by atoms with van der Waals surface area (Å²) in [5, 5.41) is 2.10. The molecule has 3 nitrogen and oxygen atoms in total. The van der Waals surface area contributed by atoms with Crippen LogP contribution in [-0.4, -0.2) is 16.5 Å². The molecule has 0 spiro atoms. The maximum Gasteiger partial charge on any atom is 0.110 e. The molecule has 0 saturated carbocycles. The molecular formula is C12H17N3S. The first-order chi connectivity index (χ1) is 7.76. The van der Waals surface area contributed by atoms with Crippen LogP contribution < -0.4 is 5.73 Å². The van der Waals surface area contributed by atoms with Gasteiger partial charge >= 0.3 is 0 Å². The minimum atomic E-state index is 0.342. The molecule has 0 amide bonds. The lowest BCUT2D eigenvalue weighted by molar-refractivity contribution is 0.639. The molecule has 86 valence electrons. The number of aromatic amines is 1. The first-order valence-corrected chi connectivity index (χ1v) is 6.43. The van der Waals surface area contributed by atoms with E-state index < -0.39 is 0 Å². The standard InChI is InChI=1S/C12H17N3S/c1-3-9(6-13)12-14-7-10(15-12)11-8(2)4-5-16-11/h4-5,7,9H,3,6,13H2,1-2H3,(H,14,15). The molecule has 0 saturated heterocycles. The highest BCUT2D eigenvalue weighted by Gasteiger charge is 2.13. The zero-order valence-electron chi connectivity index (χ0n) is 9.66. The predicted octanol–water partition coefficient (Wildman–Crippen LogP) is 2.90. The summed E-state index contributed by atoms with van der Waals surface area (Å²) < 4.78 is 0. The second-order valence-electron chi connectivity index (χ2n) is 3.96. The largest absolute Gasteiger partial charge is 0.341 e. The second-order valence-corrected chi connectivity index (χ2v) is 4.87. The van der Waals surface area contributed by atoms with Crippen molar-refractivity contribution < 1.29 is 0 Å². The van der Waals surface area contributed by atoms with Crippen molar-refractivity contribution in [2.45, 2.75) is 26.2 Å². The van der Waals surface area contributed by atoms with Crippen LogP contribution in [0, 0.1) is 6.92 Å². The highest BCUT2D eigenvalue weighted by atomic mass is 32.1. The first kappa shape index (κ1) is 11.4. The minimum Gasteiger partial charge on any atom is -0.341 e. The number of hydrogen-bond acceptors (Lipinski definition) is 3. The van der Waals surface area contributed by atoms with Gasteiger partial charge in [-0.25, -0.2) is 4.98 Å². The van der Waals surface area contributed by atoms with E-state index in [9.17, 15) is 0 Å². The highest BCUT2D eigenvalue weighted by Crippen LogP contribution is 2.28. The van der Waals surface area contributed by atoms with E-state index in [1.54, 1.807) is 11.3 Å². The van der Waals surface area contributed by atoms with Crippen molar-refractivity contribution in [1.82, 2.24) is 9.97 Å². The van der Waals surface area contributed by atoms with Crippen LogP contribution in [0.4, 0.5) is 0 Å². The van der Waals surface area contributed by atoms with Gasteiger partial charge in [-0.1, -0.05) is 6.92 Å². The summed E-state index contributed by atoms with van der Waals surface area (Å²) >= 11 is 1.74. The number of H-pyrrole nitrogens is 1. The van der Waals surface area contributed by atoms with Gasteiger partial charge in [0.05, 0.1) is 16.8 Å². The van der Waals surface area contributed by atoms with Gasteiger partial charge in [-0.2, -0.15) is 0 Å². The quantitative estimate of drug-likeness (QED) is 0.856. The summed E-state index contributed by atoms with van der Waals surface area (Å²) in [7, 11) is 0. The number of hydrogen-bond donors (Lipinski definition) is 2. The van der Waals surface area contributed by atoms with E-state index in [1.165, 1.54) is 10.4 Å². The lowest BCUT2D eigenvalue weighted by Gasteiger charge is -2.07. The van der Waals surface area contributed by atoms with Crippen LogP contribution >= 0.6 is 11.3 Å². The Morgan fingerprint density at radius 3 is 2.94 bits per heavy atom. The number of aryl methyl sites for hydroxylation is 1. The van der Waals surface area contributed by atoms with E-state index >= 15 is 0 Å². The van der Waals surface area contributed by atoms with Gasteiger partial charge < -0.3 is 10.7 Å². The number of nitrogens with one attached hydrogen (secondary N) is 1. The average Bonchev–Trinajstić information content (AvgIpc) is 2.89. The third-order valence-electron chi connectivity index (χ3n) is 2.87. The normalized spacial score (nSPS) is 12.9. The van der Waals surface area contributed by atoms with Crippen LogP contribution in [0.5, 0.6) is 0 Å². The molecule has 0 aromatic carbocycles. The van der Waals surface area contributed by atoms with Crippen molar-refractivity contribution in [2.24, 2.45) is 5.73 Å². The molecule has 0 bridgehead atoms. The Labute approximate surface area is 99.7 Å². The summed E-state index contributed by atoms with van der Waals surface area (Å²) in [5.41, 5.74) is 8.11. The first-order valence-electron chi connectivity index (χ1n) is 5.55. The Bertz CT molecular complexity index is 454. The molecule has 2 heterocycles. The third kappa shape index (κ3) is 2.03. The van der Waals surface area contributed by atoms with Crippen molar-refractivity contribution in [3.63, 3.8) is 0 Å². The lowest BCUT2D eigenvalue weighted by Crippen LogP contribution is -2.12. The fourth-order valence-corrected chi connectivity index (χ4v) is 2.67. The molecule has 2 rings (SSSR count). The Kier molecular flexibility index (Phi) is 3.41. The van der Waals surface area contributed by atoms with Gasteiger partial charge in [-0.05, 0) is 30.4 Å². The number of nitrogens with two attached hydrogens (primary N) is 1. The zero-order chi connectivity index (χ0) is 11.5. The molecule has 0 aliphatic rings. The number of rotatable bonds is 4. The lowest BCUT2D eigenvalue weighted by atomic mass is 10.1. The molecule has 16 heavy (non-hydrogen) atoms. The monoisotopic (exact) mass is 235 g/mol. The van der Waals surface area contributed by atoms with Gasteiger partial charge in [-0.3, -0.25) is 0 Å². The highest BCUT2D eigenvalue weighted by molar-refractivity contribution is 7.13. The van der Waals surface area contributed by atoms with E-state index in [-0.39, 0.29) is 0 Å². The van der Waals surface area contributed by atoms with Crippen LogP contribution in [0.15, 0.2) is 17.6 Å². The predicted molar refractivity (Wildman–Crippen MR) is 68.7 cm³/mol. The third-order valence-corrected chi connectivity index (χ3v) is 3.92. The molecule has 1 atom stereocenters. The van der Waals surface area contributed by atoms with Crippen LogP contribution in [0.1, 0.15) is 30.7 Å². The molecule has 0 aliphatic heterocycles. The Morgan fingerprint density at radius 2 is 2.38 bits per heavy atom. The Hall–Kier alpha value is -1.13. The maximum absolute atomic E-state index is 5.72. The summed E-state index contributed by atoms with van der Waals surface area (Å²) in [4.78, 5) is 9.07. The molecule has 1 unspecified atom stereocenters. The molecule has 2 aromatic heterocycles. The molecule has 2 aromatic rings. The van der Waals surface area contributed by atoms with Gasteiger partial charge in [0.2, 0.25) is 0 Å². The molecule has 0 aliphatic carbocycles.